The predicted molar refractivity (Wildman–Crippen MR) is 116 cm³/mol. The minimum Gasteiger partial charge on any atom is -0.452 e. The maximum atomic E-state index is 12.4. The smallest absolute Gasteiger partial charge is 0.338 e. The van der Waals surface area contributed by atoms with Crippen LogP contribution >= 0.6 is 0 Å². The van der Waals surface area contributed by atoms with Gasteiger partial charge in [-0.1, -0.05) is 17.7 Å². The van der Waals surface area contributed by atoms with Crippen molar-refractivity contribution in [1.82, 2.24) is 9.55 Å². The first-order valence-corrected chi connectivity index (χ1v) is 9.77. The molecule has 0 fully saturated rings. The minimum atomic E-state index is -0.627. The Morgan fingerprint density at radius 2 is 1.73 bits per heavy atom. The minimum absolute atomic E-state index is 0.154. The van der Waals surface area contributed by atoms with Gasteiger partial charge in [0.15, 0.2) is 6.61 Å². The second-order valence-electron chi connectivity index (χ2n) is 7.35. The van der Waals surface area contributed by atoms with Crippen molar-refractivity contribution in [2.24, 2.45) is 0 Å². The zero-order valence-corrected chi connectivity index (χ0v) is 17.8. The van der Waals surface area contributed by atoms with Gasteiger partial charge in [0.05, 0.1) is 16.6 Å². The molecule has 1 heterocycles. The van der Waals surface area contributed by atoms with Crippen LogP contribution in [0.5, 0.6) is 0 Å². The quantitative estimate of drug-likeness (QED) is 0.654. The van der Waals surface area contributed by atoms with Crippen LogP contribution in [-0.2, 0) is 16.1 Å². The second-order valence-corrected chi connectivity index (χ2v) is 7.35. The third-order valence-electron chi connectivity index (χ3n) is 4.94. The fraction of sp³-hybridized carbons (Fsp3) is 0.304. The molecule has 0 saturated heterocycles. The van der Waals surface area contributed by atoms with E-state index in [1.165, 1.54) is 0 Å². The summed E-state index contributed by atoms with van der Waals surface area (Å²) in [4.78, 5) is 41.2. The summed E-state index contributed by atoms with van der Waals surface area (Å²) in [6, 6.07) is 8.77. The Morgan fingerprint density at radius 3 is 2.37 bits per heavy atom. The highest BCUT2D eigenvalue weighted by Crippen LogP contribution is 2.22. The zero-order valence-electron chi connectivity index (χ0n) is 17.8. The van der Waals surface area contributed by atoms with Crippen molar-refractivity contribution in [3.63, 3.8) is 0 Å². The van der Waals surface area contributed by atoms with E-state index in [9.17, 15) is 14.4 Å². The van der Waals surface area contributed by atoms with Gasteiger partial charge in [-0.2, -0.15) is 0 Å². The van der Waals surface area contributed by atoms with Gasteiger partial charge < -0.3 is 14.6 Å². The molecule has 7 nitrogen and oxygen atoms in total. The van der Waals surface area contributed by atoms with E-state index in [2.05, 4.69) is 10.3 Å². The van der Waals surface area contributed by atoms with Gasteiger partial charge in [-0.05, 0) is 63.9 Å². The van der Waals surface area contributed by atoms with Crippen LogP contribution in [0.1, 0.15) is 39.7 Å². The number of ether oxygens (including phenoxy) is 1. The van der Waals surface area contributed by atoms with Crippen LogP contribution < -0.4 is 10.9 Å². The van der Waals surface area contributed by atoms with Crippen molar-refractivity contribution in [3.8, 4) is 0 Å². The molecular formula is C23H25N3O4. The number of nitrogens with one attached hydrogen (secondary N) is 1. The lowest BCUT2D eigenvalue weighted by atomic mass is 10.1. The lowest BCUT2D eigenvalue weighted by Gasteiger charge is -2.13. The highest BCUT2D eigenvalue weighted by Gasteiger charge is 2.15. The second kappa shape index (κ2) is 8.49. The van der Waals surface area contributed by atoms with Crippen molar-refractivity contribution in [3.05, 3.63) is 68.6 Å². The summed E-state index contributed by atoms with van der Waals surface area (Å²) in [5.41, 5.74) is 5.39. The summed E-state index contributed by atoms with van der Waals surface area (Å²) in [5.74, 6) is -1.04. The van der Waals surface area contributed by atoms with Gasteiger partial charge in [0.2, 0.25) is 0 Å². The first-order chi connectivity index (χ1) is 14.2. The zero-order chi connectivity index (χ0) is 22.0. The molecule has 2 aromatic carbocycles. The van der Waals surface area contributed by atoms with Crippen molar-refractivity contribution >= 4 is 28.6 Å². The lowest BCUT2D eigenvalue weighted by Crippen LogP contribution is -2.24. The molecule has 1 aromatic heterocycles. The molecule has 0 atom stereocenters. The highest BCUT2D eigenvalue weighted by atomic mass is 16.5. The average molecular weight is 407 g/mol. The summed E-state index contributed by atoms with van der Waals surface area (Å²) >= 11 is 0. The van der Waals surface area contributed by atoms with Crippen LogP contribution in [0.3, 0.4) is 0 Å². The Hall–Kier alpha value is -3.48. The van der Waals surface area contributed by atoms with Crippen molar-refractivity contribution in [1.29, 1.82) is 0 Å². The number of aryl methyl sites for hydroxylation is 5. The summed E-state index contributed by atoms with van der Waals surface area (Å²) in [6.07, 6.45) is 0. The maximum absolute atomic E-state index is 12.4. The third-order valence-corrected chi connectivity index (χ3v) is 4.94. The number of esters is 1. The molecular weight excluding hydrogens is 382 g/mol. The first-order valence-electron chi connectivity index (χ1n) is 9.77. The number of hydrogen-bond donors (Lipinski definition) is 1. The first kappa shape index (κ1) is 21.2. The van der Waals surface area contributed by atoms with E-state index in [0.717, 1.165) is 22.4 Å². The van der Waals surface area contributed by atoms with Gasteiger partial charge in [0.25, 0.3) is 11.5 Å². The van der Waals surface area contributed by atoms with E-state index in [1.807, 2.05) is 39.8 Å². The number of hydrogen-bond acceptors (Lipinski definition) is 5. The monoisotopic (exact) mass is 407 g/mol. The Labute approximate surface area is 174 Å². The summed E-state index contributed by atoms with van der Waals surface area (Å²) < 4.78 is 6.78. The van der Waals surface area contributed by atoms with E-state index in [-0.39, 0.29) is 11.1 Å². The van der Waals surface area contributed by atoms with E-state index in [4.69, 9.17) is 4.74 Å². The molecule has 30 heavy (non-hydrogen) atoms. The third kappa shape index (κ3) is 4.25. The van der Waals surface area contributed by atoms with Crippen LogP contribution in [-0.4, -0.2) is 28.0 Å². The molecule has 0 saturated carbocycles. The van der Waals surface area contributed by atoms with Crippen molar-refractivity contribution in [2.45, 2.75) is 41.2 Å². The van der Waals surface area contributed by atoms with Crippen molar-refractivity contribution in [2.75, 3.05) is 11.9 Å². The maximum Gasteiger partial charge on any atom is 0.338 e. The van der Waals surface area contributed by atoms with E-state index in [0.29, 0.717) is 23.3 Å². The molecule has 0 aliphatic carbocycles. The number of fused-ring (bicyclic) bond motifs is 1. The molecule has 7 heteroatoms. The van der Waals surface area contributed by atoms with Gasteiger partial charge in [0, 0.05) is 12.2 Å². The average Bonchev–Trinajstić information content (AvgIpc) is 2.69. The molecule has 1 amide bonds. The van der Waals surface area contributed by atoms with Gasteiger partial charge in [-0.15, -0.1) is 0 Å². The number of anilines is 1. The van der Waals surface area contributed by atoms with Crippen LogP contribution in [0, 0.1) is 27.7 Å². The number of rotatable bonds is 5. The Morgan fingerprint density at radius 1 is 1.07 bits per heavy atom. The topological polar surface area (TPSA) is 90.3 Å². The molecule has 0 unspecified atom stereocenters. The van der Waals surface area contributed by atoms with E-state index < -0.39 is 18.5 Å². The summed E-state index contributed by atoms with van der Waals surface area (Å²) in [7, 11) is 0. The van der Waals surface area contributed by atoms with E-state index >= 15 is 0 Å². The fourth-order valence-corrected chi connectivity index (χ4v) is 3.58. The lowest BCUT2D eigenvalue weighted by molar-refractivity contribution is -0.119. The number of benzene rings is 2. The number of aromatic nitrogens is 2. The largest absolute Gasteiger partial charge is 0.452 e. The fourth-order valence-electron chi connectivity index (χ4n) is 3.58. The molecule has 3 aromatic rings. The normalized spacial score (nSPS) is 10.8. The SMILES string of the molecule is CCn1c(=O)c(C)nc2cc(C(=O)OCC(=O)Nc3c(C)cc(C)cc3C)ccc21. The number of amides is 1. The van der Waals surface area contributed by atoms with Crippen molar-refractivity contribution < 1.29 is 14.3 Å². The molecule has 0 spiro atoms. The Balaban J connectivity index is 1.73. The Kier molecular flexibility index (Phi) is 6.01. The molecule has 3 rings (SSSR count). The molecule has 0 radical (unpaired) electrons. The summed E-state index contributed by atoms with van der Waals surface area (Å²) in [6.45, 7) is 9.44. The highest BCUT2D eigenvalue weighted by molar-refractivity contribution is 5.97. The molecule has 1 N–H and O–H groups in total. The Bertz CT molecular complexity index is 1190. The number of carbonyl (C=O) groups is 2. The number of carbonyl (C=O) groups excluding carboxylic acids is 2. The standard InChI is InChI=1S/C23H25N3O4/c1-6-26-19-8-7-17(11-18(19)24-16(5)22(26)28)23(29)30-12-20(27)25-21-14(3)9-13(2)10-15(21)4/h7-11H,6,12H2,1-5H3,(H,25,27). The van der Waals surface area contributed by atoms with Gasteiger partial charge in [-0.3, -0.25) is 9.59 Å². The molecule has 0 aliphatic rings. The summed E-state index contributed by atoms with van der Waals surface area (Å²) in [5, 5.41) is 2.80. The van der Waals surface area contributed by atoms with E-state index in [1.54, 1.807) is 29.7 Å². The van der Waals surface area contributed by atoms with Gasteiger partial charge in [0.1, 0.15) is 5.69 Å². The van der Waals surface area contributed by atoms with Crippen LogP contribution in [0.4, 0.5) is 5.69 Å². The predicted octanol–water partition coefficient (Wildman–Crippen LogP) is 3.45. The molecule has 0 aliphatic heterocycles. The number of nitrogens with zero attached hydrogens (tertiary/aromatic N) is 2. The van der Waals surface area contributed by atoms with Gasteiger partial charge >= 0.3 is 5.97 Å². The molecule has 0 bridgehead atoms. The van der Waals surface area contributed by atoms with Crippen LogP contribution in [0.15, 0.2) is 35.1 Å². The molecule has 156 valence electrons. The van der Waals surface area contributed by atoms with Gasteiger partial charge in [-0.25, -0.2) is 9.78 Å². The van der Waals surface area contributed by atoms with Crippen LogP contribution in [0.2, 0.25) is 0 Å². The van der Waals surface area contributed by atoms with Crippen LogP contribution in [0.25, 0.3) is 11.0 Å².